The number of aryl methyl sites for hydroxylation is 1. The van der Waals surface area contributed by atoms with E-state index in [2.05, 4.69) is 36.1 Å². The van der Waals surface area contributed by atoms with Gasteiger partial charge < -0.3 is 10.6 Å². The van der Waals surface area contributed by atoms with Crippen molar-refractivity contribution in [1.29, 1.82) is 0 Å². The summed E-state index contributed by atoms with van der Waals surface area (Å²) in [6, 6.07) is 2.79. The third-order valence-corrected chi connectivity index (χ3v) is 4.73. The van der Waals surface area contributed by atoms with Gasteiger partial charge in [-0.05, 0) is 69.3 Å². The van der Waals surface area contributed by atoms with Gasteiger partial charge in [0.05, 0.1) is 0 Å². The molecule has 0 amide bonds. The summed E-state index contributed by atoms with van der Waals surface area (Å²) in [6.07, 6.45) is 3.96. The molecule has 1 unspecified atom stereocenters. The SMILES string of the molecule is CNC(CC1CCNCC1)c1sccc1C. The van der Waals surface area contributed by atoms with Crippen LogP contribution in [0, 0.1) is 12.8 Å². The van der Waals surface area contributed by atoms with Gasteiger partial charge in [0.2, 0.25) is 0 Å². The summed E-state index contributed by atoms with van der Waals surface area (Å²) in [5.74, 6) is 0.889. The second kappa shape index (κ2) is 5.80. The molecule has 0 bridgehead atoms. The van der Waals surface area contributed by atoms with Gasteiger partial charge >= 0.3 is 0 Å². The molecule has 0 aliphatic carbocycles. The maximum absolute atomic E-state index is 3.48. The zero-order chi connectivity index (χ0) is 11.4. The predicted octanol–water partition coefficient (Wildman–Crippen LogP) is 2.71. The molecule has 1 atom stereocenters. The summed E-state index contributed by atoms with van der Waals surface area (Å²) < 4.78 is 0. The monoisotopic (exact) mass is 238 g/mol. The van der Waals surface area contributed by atoms with Crippen molar-refractivity contribution >= 4 is 11.3 Å². The number of thiophene rings is 1. The number of hydrogen-bond acceptors (Lipinski definition) is 3. The summed E-state index contributed by atoms with van der Waals surface area (Å²) in [7, 11) is 2.09. The van der Waals surface area contributed by atoms with E-state index >= 15 is 0 Å². The molecule has 2 rings (SSSR count). The molecule has 1 fully saturated rings. The van der Waals surface area contributed by atoms with Crippen LogP contribution < -0.4 is 10.6 Å². The molecule has 0 spiro atoms. The van der Waals surface area contributed by atoms with Crippen molar-refractivity contribution in [3.8, 4) is 0 Å². The Kier molecular flexibility index (Phi) is 4.38. The van der Waals surface area contributed by atoms with Crippen LogP contribution >= 0.6 is 11.3 Å². The van der Waals surface area contributed by atoms with Gasteiger partial charge in [0.25, 0.3) is 0 Å². The van der Waals surface area contributed by atoms with E-state index in [1.807, 2.05) is 11.3 Å². The minimum absolute atomic E-state index is 0.558. The van der Waals surface area contributed by atoms with E-state index in [1.54, 1.807) is 0 Å². The third-order valence-electron chi connectivity index (χ3n) is 3.59. The Morgan fingerprint density at radius 3 is 2.81 bits per heavy atom. The first kappa shape index (κ1) is 12.1. The molecule has 1 aliphatic rings. The fraction of sp³-hybridized carbons (Fsp3) is 0.692. The van der Waals surface area contributed by atoms with Gasteiger partial charge in [-0.3, -0.25) is 0 Å². The highest BCUT2D eigenvalue weighted by Crippen LogP contribution is 2.31. The van der Waals surface area contributed by atoms with Gasteiger partial charge in [0.1, 0.15) is 0 Å². The molecule has 1 aromatic rings. The average molecular weight is 238 g/mol. The van der Waals surface area contributed by atoms with E-state index < -0.39 is 0 Å². The molecule has 2 N–H and O–H groups in total. The van der Waals surface area contributed by atoms with E-state index in [9.17, 15) is 0 Å². The van der Waals surface area contributed by atoms with Crippen LogP contribution in [0.4, 0.5) is 0 Å². The average Bonchev–Trinajstić information content (AvgIpc) is 2.74. The molecule has 0 radical (unpaired) electrons. The Balaban J connectivity index is 1.97. The normalized spacial score (nSPS) is 19.9. The molecule has 1 aliphatic heterocycles. The Bertz CT molecular complexity index is 315. The molecule has 0 saturated carbocycles. The van der Waals surface area contributed by atoms with E-state index in [4.69, 9.17) is 0 Å². The van der Waals surface area contributed by atoms with E-state index in [0.717, 1.165) is 5.92 Å². The second-order valence-corrected chi connectivity index (χ2v) is 5.69. The van der Waals surface area contributed by atoms with Crippen LogP contribution in [0.5, 0.6) is 0 Å². The lowest BCUT2D eigenvalue weighted by atomic mass is 9.90. The van der Waals surface area contributed by atoms with Crippen molar-refractivity contribution in [2.45, 2.75) is 32.2 Å². The van der Waals surface area contributed by atoms with Crippen molar-refractivity contribution < 1.29 is 0 Å². The summed E-state index contributed by atoms with van der Waals surface area (Å²) in [4.78, 5) is 1.53. The van der Waals surface area contributed by atoms with Gasteiger partial charge in [-0.2, -0.15) is 0 Å². The first-order chi connectivity index (χ1) is 7.81. The highest BCUT2D eigenvalue weighted by molar-refractivity contribution is 7.10. The Morgan fingerprint density at radius 1 is 1.50 bits per heavy atom. The Hall–Kier alpha value is -0.380. The molecule has 2 heterocycles. The highest BCUT2D eigenvalue weighted by Gasteiger charge is 2.20. The largest absolute Gasteiger partial charge is 0.317 e. The maximum atomic E-state index is 3.48. The standard InChI is InChI=1S/C13H22N2S/c1-10-5-8-16-13(10)12(14-2)9-11-3-6-15-7-4-11/h5,8,11-12,14-15H,3-4,6-7,9H2,1-2H3. The molecule has 2 nitrogen and oxygen atoms in total. The lowest BCUT2D eigenvalue weighted by Crippen LogP contribution is -2.30. The predicted molar refractivity (Wildman–Crippen MR) is 71.1 cm³/mol. The van der Waals surface area contributed by atoms with Crippen LogP contribution in [0.25, 0.3) is 0 Å². The van der Waals surface area contributed by atoms with Crippen LogP contribution in [0.1, 0.15) is 35.7 Å². The maximum Gasteiger partial charge on any atom is 0.0417 e. The summed E-state index contributed by atoms with van der Waals surface area (Å²) in [5.41, 5.74) is 1.44. The van der Waals surface area contributed by atoms with Gasteiger partial charge in [-0.25, -0.2) is 0 Å². The number of nitrogens with one attached hydrogen (secondary N) is 2. The molecule has 1 aromatic heterocycles. The molecule has 90 valence electrons. The summed E-state index contributed by atoms with van der Waals surface area (Å²) >= 11 is 1.89. The first-order valence-electron chi connectivity index (χ1n) is 6.23. The van der Waals surface area contributed by atoms with E-state index in [0.29, 0.717) is 6.04 Å². The molecule has 1 saturated heterocycles. The van der Waals surface area contributed by atoms with Crippen LogP contribution in [0.15, 0.2) is 11.4 Å². The van der Waals surface area contributed by atoms with E-state index in [1.165, 1.54) is 42.8 Å². The number of hydrogen-bond donors (Lipinski definition) is 2. The van der Waals surface area contributed by atoms with Crippen molar-refractivity contribution in [2.75, 3.05) is 20.1 Å². The van der Waals surface area contributed by atoms with Crippen molar-refractivity contribution in [1.82, 2.24) is 10.6 Å². The quantitative estimate of drug-likeness (QED) is 0.843. The third kappa shape index (κ3) is 2.84. The lowest BCUT2D eigenvalue weighted by molar-refractivity contribution is 0.319. The first-order valence-corrected chi connectivity index (χ1v) is 7.11. The molecular formula is C13H22N2S. The lowest BCUT2D eigenvalue weighted by Gasteiger charge is -2.26. The van der Waals surface area contributed by atoms with Crippen molar-refractivity contribution in [3.05, 3.63) is 21.9 Å². The molecule has 16 heavy (non-hydrogen) atoms. The van der Waals surface area contributed by atoms with Gasteiger partial charge in [0, 0.05) is 10.9 Å². The number of rotatable bonds is 4. The van der Waals surface area contributed by atoms with Crippen LogP contribution in [0.2, 0.25) is 0 Å². The number of piperidine rings is 1. The molecule has 0 aromatic carbocycles. The molecular weight excluding hydrogens is 216 g/mol. The minimum atomic E-state index is 0.558. The topological polar surface area (TPSA) is 24.1 Å². The van der Waals surface area contributed by atoms with Crippen LogP contribution in [0.3, 0.4) is 0 Å². The zero-order valence-electron chi connectivity index (χ0n) is 10.3. The van der Waals surface area contributed by atoms with Gasteiger partial charge in [-0.15, -0.1) is 11.3 Å². The zero-order valence-corrected chi connectivity index (χ0v) is 11.1. The summed E-state index contributed by atoms with van der Waals surface area (Å²) in [6.45, 7) is 4.62. The summed E-state index contributed by atoms with van der Waals surface area (Å²) in [5, 5.41) is 9.12. The van der Waals surface area contributed by atoms with Crippen LogP contribution in [-0.4, -0.2) is 20.1 Å². The Labute approximate surface area is 102 Å². The minimum Gasteiger partial charge on any atom is -0.317 e. The van der Waals surface area contributed by atoms with Crippen molar-refractivity contribution in [2.24, 2.45) is 5.92 Å². The molecule has 3 heteroatoms. The fourth-order valence-electron chi connectivity index (χ4n) is 2.55. The highest BCUT2D eigenvalue weighted by atomic mass is 32.1. The smallest absolute Gasteiger partial charge is 0.0417 e. The van der Waals surface area contributed by atoms with E-state index in [-0.39, 0.29) is 0 Å². The van der Waals surface area contributed by atoms with Crippen LogP contribution in [-0.2, 0) is 0 Å². The Morgan fingerprint density at radius 2 is 2.25 bits per heavy atom. The van der Waals surface area contributed by atoms with Gasteiger partial charge in [0.15, 0.2) is 0 Å². The fourth-order valence-corrected chi connectivity index (χ4v) is 3.60. The van der Waals surface area contributed by atoms with Crippen molar-refractivity contribution in [3.63, 3.8) is 0 Å². The second-order valence-electron chi connectivity index (χ2n) is 4.74. The van der Waals surface area contributed by atoms with Gasteiger partial charge in [-0.1, -0.05) is 0 Å².